The highest BCUT2D eigenvalue weighted by atomic mass is 16.5. The van der Waals surface area contributed by atoms with E-state index in [2.05, 4.69) is 95.6 Å². The second-order valence-electron chi connectivity index (χ2n) is 16.5. The number of methoxy groups -OCH3 is 1. The number of benzene rings is 3. The summed E-state index contributed by atoms with van der Waals surface area (Å²) in [6, 6.07) is 19.0. The first kappa shape index (κ1) is 41.7. The molecule has 12 heteroatoms. The number of carbonyl (C=O) groups is 3. The molecule has 12 nitrogen and oxygen atoms in total. The molecule has 1 fully saturated rings. The summed E-state index contributed by atoms with van der Waals surface area (Å²) in [7, 11) is 1.31. The van der Waals surface area contributed by atoms with Gasteiger partial charge >= 0.3 is 6.09 Å². The summed E-state index contributed by atoms with van der Waals surface area (Å²) in [5.41, 5.74) is 8.78. The van der Waals surface area contributed by atoms with Crippen LogP contribution in [0.25, 0.3) is 44.4 Å². The van der Waals surface area contributed by atoms with Crippen LogP contribution in [0.1, 0.15) is 83.2 Å². The molecule has 5 aromatic rings. The number of aromatic amines is 2. The maximum absolute atomic E-state index is 13.9. The lowest BCUT2D eigenvalue weighted by Gasteiger charge is -2.33. The van der Waals surface area contributed by atoms with Crippen LogP contribution in [-0.4, -0.2) is 87.1 Å². The molecule has 3 heterocycles. The fourth-order valence-electron chi connectivity index (χ4n) is 8.42. The molecule has 2 aliphatic rings. The highest BCUT2D eigenvalue weighted by Crippen LogP contribution is 2.36. The Labute approximate surface area is 347 Å². The van der Waals surface area contributed by atoms with E-state index in [1.54, 1.807) is 4.90 Å². The molecule has 0 radical (unpaired) electrons. The molecule has 0 unspecified atom stereocenters. The second kappa shape index (κ2) is 18.6. The van der Waals surface area contributed by atoms with E-state index in [-0.39, 0.29) is 23.7 Å². The molecule has 3 aromatic carbocycles. The third-order valence-corrected chi connectivity index (χ3v) is 12.1. The number of hydrogen-bond donors (Lipinski definition) is 3. The maximum Gasteiger partial charge on any atom is 0.407 e. The zero-order valence-electron chi connectivity index (χ0n) is 35.4. The van der Waals surface area contributed by atoms with Crippen molar-refractivity contribution in [3.8, 4) is 33.6 Å². The standard InChI is InChI=1S/C47H59N7O5/c1-7-19-53(45(55)30(5)29(3)4)28-42-49-39-16-14-36-24-35(13-15-38(36)44(39)51-42)32-9-10-34-25-37(12-11-33(34)23-32)40-26-48-41(50-40)27-54(20-8-2)46(56)43(52-47(57)58-6)31-17-21-59-22-18-31/h9-13,15,23-26,29-31,43H,7-8,14,16-22,27-28H2,1-6H3,(H,48,50)(H,49,51)(H,52,57)/t30-,43-/m0/s1. The van der Waals surface area contributed by atoms with E-state index >= 15 is 0 Å². The van der Waals surface area contributed by atoms with Crippen molar-refractivity contribution in [3.63, 3.8) is 0 Å². The Morgan fingerprint density at radius 3 is 2.17 bits per heavy atom. The number of aryl methyl sites for hydroxylation is 2. The van der Waals surface area contributed by atoms with Crippen LogP contribution in [0.15, 0.2) is 60.8 Å². The number of nitrogens with zero attached hydrogens (tertiary/aromatic N) is 4. The monoisotopic (exact) mass is 801 g/mol. The molecule has 3 amide bonds. The SMILES string of the molecule is CCCN(Cc1nc2c([nH]1)CCc1cc(-c3ccc4cc(-c5cnc(CN(CCC)C(=O)[C@@H](NC(=O)OC)C6CCOCC6)[nH]5)ccc4c3)ccc1-2)C(=O)[C@@H](C)C(C)C. The number of carbonyl (C=O) groups excluding carboxylic acids is 3. The largest absolute Gasteiger partial charge is 0.453 e. The Bertz CT molecular complexity index is 2270. The molecule has 2 aromatic heterocycles. The molecule has 1 aliphatic carbocycles. The van der Waals surface area contributed by atoms with Gasteiger partial charge in [0.25, 0.3) is 0 Å². The van der Waals surface area contributed by atoms with Crippen LogP contribution in [0.3, 0.4) is 0 Å². The average Bonchev–Trinajstić information content (AvgIpc) is 3.91. The van der Waals surface area contributed by atoms with Crippen LogP contribution in [0.4, 0.5) is 4.79 Å². The third-order valence-electron chi connectivity index (χ3n) is 12.1. The Morgan fingerprint density at radius 2 is 1.47 bits per heavy atom. The lowest BCUT2D eigenvalue weighted by Crippen LogP contribution is -2.53. The molecule has 7 rings (SSSR count). The predicted octanol–water partition coefficient (Wildman–Crippen LogP) is 8.31. The van der Waals surface area contributed by atoms with Crippen molar-refractivity contribution in [1.82, 2.24) is 35.1 Å². The number of H-pyrrole nitrogens is 2. The van der Waals surface area contributed by atoms with Crippen LogP contribution in [-0.2, 0) is 45.0 Å². The van der Waals surface area contributed by atoms with Gasteiger partial charge < -0.3 is 34.6 Å². The minimum absolute atomic E-state index is 0.0273. The molecule has 59 heavy (non-hydrogen) atoms. The van der Waals surface area contributed by atoms with Crippen molar-refractivity contribution in [3.05, 3.63) is 83.7 Å². The van der Waals surface area contributed by atoms with Gasteiger partial charge in [-0.1, -0.05) is 77.1 Å². The average molecular weight is 802 g/mol. The maximum atomic E-state index is 13.9. The van der Waals surface area contributed by atoms with E-state index in [4.69, 9.17) is 14.5 Å². The first-order valence-electron chi connectivity index (χ1n) is 21.4. The van der Waals surface area contributed by atoms with Crippen LogP contribution < -0.4 is 5.32 Å². The lowest BCUT2D eigenvalue weighted by molar-refractivity contribution is -0.137. The van der Waals surface area contributed by atoms with Gasteiger partial charge in [0.15, 0.2) is 0 Å². The van der Waals surface area contributed by atoms with Crippen molar-refractivity contribution in [2.45, 2.75) is 92.3 Å². The number of amides is 3. The number of imidazole rings is 2. The number of alkyl carbamates (subject to hydrolysis) is 1. The summed E-state index contributed by atoms with van der Waals surface area (Å²) in [5.74, 6) is 1.81. The third kappa shape index (κ3) is 9.38. The minimum atomic E-state index is -0.694. The van der Waals surface area contributed by atoms with Crippen molar-refractivity contribution in [2.75, 3.05) is 33.4 Å². The topological polar surface area (TPSA) is 146 Å². The highest BCUT2D eigenvalue weighted by molar-refractivity contribution is 5.91. The van der Waals surface area contributed by atoms with Crippen LogP contribution in [0.5, 0.6) is 0 Å². The Hall–Kier alpha value is -5.49. The van der Waals surface area contributed by atoms with Crippen molar-refractivity contribution in [1.29, 1.82) is 0 Å². The minimum Gasteiger partial charge on any atom is -0.453 e. The number of rotatable bonds is 15. The van der Waals surface area contributed by atoms with Crippen molar-refractivity contribution >= 4 is 28.7 Å². The predicted molar refractivity (Wildman–Crippen MR) is 230 cm³/mol. The molecule has 1 aliphatic heterocycles. The second-order valence-corrected chi connectivity index (χ2v) is 16.5. The summed E-state index contributed by atoms with van der Waals surface area (Å²) in [4.78, 5) is 59.9. The van der Waals surface area contributed by atoms with Crippen LogP contribution in [0.2, 0.25) is 0 Å². The lowest BCUT2D eigenvalue weighted by atomic mass is 9.89. The van der Waals surface area contributed by atoms with Crippen molar-refractivity contribution < 1.29 is 23.9 Å². The summed E-state index contributed by atoms with van der Waals surface area (Å²) >= 11 is 0. The van der Waals surface area contributed by atoms with E-state index < -0.39 is 12.1 Å². The molecule has 0 bridgehead atoms. The van der Waals surface area contributed by atoms with Gasteiger partial charge in [-0.2, -0.15) is 0 Å². The van der Waals surface area contributed by atoms with Crippen LogP contribution in [0, 0.1) is 17.8 Å². The van der Waals surface area contributed by atoms with Gasteiger partial charge in [0, 0.05) is 49.0 Å². The zero-order valence-corrected chi connectivity index (χ0v) is 35.4. The van der Waals surface area contributed by atoms with Crippen molar-refractivity contribution in [2.24, 2.45) is 17.8 Å². The summed E-state index contributed by atoms with van der Waals surface area (Å²) in [5, 5.41) is 5.06. The Balaban J connectivity index is 1.05. The van der Waals surface area contributed by atoms with Gasteiger partial charge in [0.05, 0.1) is 37.8 Å². The quantitative estimate of drug-likeness (QED) is 0.0966. The van der Waals surface area contributed by atoms with E-state index in [1.807, 2.05) is 24.9 Å². The van der Waals surface area contributed by atoms with E-state index in [9.17, 15) is 14.4 Å². The first-order valence-corrected chi connectivity index (χ1v) is 21.4. The molecule has 0 saturated carbocycles. The van der Waals surface area contributed by atoms with Gasteiger partial charge in [0.1, 0.15) is 17.7 Å². The van der Waals surface area contributed by atoms with Gasteiger partial charge in [-0.3, -0.25) is 9.59 Å². The van der Waals surface area contributed by atoms with Crippen LogP contribution >= 0.6 is 0 Å². The number of nitrogens with one attached hydrogen (secondary N) is 3. The Morgan fingerprint density at radius 1 is 0.831 bits per heavy atom. The smallest absolute Gasteiger partial charge is 0.407 e. The van der Waals surface area contributed by atoms with Gasteiger partial charge in [-0.25, -0.2) is 14.8 Å². The number of fused-ring (bicyclic) bond motifs is 4. The van der Waals surface area contributed by atoms with E-state index in [0.29, 0.717) is 57.4 Å². The normalized spacial score (nSPS) is 15.0. The number of ether oxygens (including phenoxy) is 2. The fourth-order valence-corrected chi connectivity index (χ4v) is 8.42. The van der Waals surface area contributed by atoms with Gasteiger partial charge in [0.2, 0.25) is 11.8 Å². The van der Waals surface area contributed by atoms with E-state index in [0.717, 1.165) is 82.6 Å². The fraction of sp³-hybridized carbons (Fsp3) is 0.468. The van der Waals surface area contributed by atoms with Gasteiger partial charge in [-0.15, -0.1) is 0 Å². The first-order chi connectivity index (χ1) is 28.6. The molecule has 312 valence electrons. The van der Waals surface area contributed by atoms with E-state index in [1.165, 1.54) is 18.2 Å². The van der Waals surface area contributed by atoms with Gasteiger partial charge in [-0.05, 0) is 90.0 Å². The summed E-state index contributed by atoms with van der Waals surface area (Å²) in [6.45, 7) is 13.5. The molecule has 0 spiro atoms. The molecular formula is C47H59N7O5. The molecule has 1 saturated heterocycles. The zero-order chi connectivity index (χ0) is 41.6. The number of hydrogen-bond acceptors (Lipinski definition) is 7. The molecule has 2 atom stereocenters. The Kier molecular flexibility index (Phi) is 13.1. The highest BCUT2D eigenvalue weighted by Gasteiger charge is 2.35. The summed E-state index contributed by atoms with van der Waals surface area (Å²) < 4.78 is 10.4. The summed E-state index contributed by atoms with van der Waals surface area (Å²) in [6.07, 6.45) is 6.07. The molecular weight excluding hydrogens is 743 g/mol. The number of aromatic nitrogens is 4. The molecule has 3 N–H and O–H groups in total.